The molecular weight excluding hydrogens is 499 g/mol. The van der Waals surface area contributed by atoms with E-state index >= 15 is 4.39 Å². The van der Waals surface area contributed by atoms with Crippen LogP contribution in [0, 0.1) is 18.7 Å². The number of aliphatic imine (C=N–C) groups is 1. The first-order valence-electron chi connectivity index (χ1n) is 12.4. The quantitative estimate of drug-likeness (QED) is 0.357. The number of H-pyrrole nitrogens is 1. The highest BCUT2D eigenvalue weighted by Gasteiger charge is 2.29. The molecule has 0 saturated carbocycles. The second-order valence-electron chi connectivity index (χ2n) is 9.68. The van der Waals surface area contributed by atoms with Crippen LogP contribution in [0.3, 0.4) is 0 Å². The number of aromatic amines is 1. The van der Waals surface area contributed by atoms with E-state index in [4.69, 9.17) is 4.98 Å². The third kappa shape index (κ3) is 4.29. The molecule has 11 nitrogen and oxygen atoms in total. The summed E-state index contributed by atoms with van der Waals surface area (Å²) in [5.74, 6) is 0.578. The van der Waals surface area contributed by atoms with Crippen molar-refractivity contribution in [2.75, 3.05) is 23.9 Å². The summed E-state index contributed by atoms with van der Waals surface area (Å²) < 4.78 is 18.1. The molecular formula is C27H25FN10O. The summed E-state index contributed by atoms with van der Waals surface area (Å²) in [7, 11) is 1.80. The summed E-state index contributed by atoms with van der Waals surface area (Å²) >= 11 is 0. The van der Waals surface area contributed by atoms with Crippen molar-refractivity contribution >= 4 is 34.2 Å². The molecule has 2 N–H and O–H groups in total. The second-order valence-corrected chi connectivity index (χ2v) is 9.68. The lowest BCUT2D eigenvalue weighted by Crippen LogP contribution is -2.29. The van der Waals surface area contributed by atoms with Crippen LogP contribution in [-0.4, -0.2) is 59.8 Å². The Kier molecular flexibility index (Phi) is 5.86. The number of amides is 1. The van der Waals surface area contributed by atoms with Gasteiger partial charge in [0, 0.05) is 48.9 Å². The Morgan fingerprint density at radius 1 is 1.15 bits per heavy atom. The number of anilines is 2. The Balaban J connectivity index is 1.45. The van der Waals surface area contributed by atoms with Gasteiger partial charge in [0.1, 0.15) is 35.9 Å². The zero-order valence-corrected chi connectivity index (χ0v) is 21.8. The Morgan fingerprint density at radius 3 is 2.77 bits per heavy atom. The van der Waals surface area contributed by atoms with E-state index in [0.717, 1.165) is 11.2 Å². The number of hydrogen-bond acceptors (Lipinski definition) is 8. The van der Waals surface area contributed by atoms with E-state index < -0.39 is 5.82 Å². The summed E-state index contributed by atoms with van der Waals surface area (Å²) in [6, 6.07) is 3.48. The van der Waals surface area contributed by atoms with Crippen LogP contribution in [0.15, 0.2) is 54.4 Å². The van der Waals surface area contributed by atoms with Gasteiger partial charge in [0.2, 0.25) is 5.91 Å². The van der Waals surface area contributed by atoms with Crippen LogP contribution in [0.5, 0.6) is 0 Å². The molecule has 1 aliphatic rings. The highest BCUT2D eigenvalue weighted by Crippen LogP contribution is 2.34. The summed E-state index contributed by atoms with van der Waals surface area (Å²) in [6.45, 7) is 5.78. The largest absolute Gasteiger partial charge is 0.340 e. The Labute approximate surface area is 222 Å². The molecule has 1 amide bonds. The average Bonchev–Trinajstić information content (AvgIpc) is 3.55. The number of halogens is 1. The normalized spacial score (nSPS) is 13.1. The van der Waals surface area contributed by atoms with Gasteiger partial charge in [-0.15, -0.1) is 0 Å². The third-order valence-corrected chi connectivity index (χ3v) is 6.44. The van der Waals surface area contributed by atoms with Crippen molar-refractivity contribution in [3.05, 3.63) is 72.3 Å². The number of aromatic nitrogens is 7. The van der Waals surface area contributed by atoms with Crippen molar-refractivity contribution in [2.45, 2.75) is 20.8 Å². The first-order chi connectivity index (χ1) is 18.8. The van der Waals surface area contributed by atoms with E-state index in [1.807, 2.05) is 19.2 Å². The Hall–Kier alpha value is -5.00. The van der Waals surface area contributed by atoms with E-state index in [-0.39, 0.29) is 29.6 Å². The third-order valence-electron chi connectivity index (χ3n) is 6.44. The van der Waals surface area contributed by atoms with Crippen LogP contribution in [0.1, 0.15) is 30.9 Å². The lowest BCUT2D eigenvalue weighted by Gasteiger charge is -2.25. The first-order valence-corrected chi connectivity index (χ1v) is 12.4. The van der Waals surface area contributed by atoms with Crippen molar-refractivity contribution in [1.82, 2.24) is 34.5 Å². The molecule has 6 rings (SSSR count). The molecule has 0 fully saturated rings. The molecule has 39 heavy (non-hydrogen) atoms. The van der Waals surface area contributed by atoms with Gasteiger partial charge in [0.05, 0.1) is 28.7 Å². The topological polar surface area (TPSA) is 130 Å². The number of aryl methyl sites for hydroxylation is 1. The zero-order chi connectivity index (χ0) is 27.3. The van der Waals surface area contributed by atoms with Gasteiger partial charge >= 0.3 is 0 Å². The Bertz CT molecular complexity index is 1770. The predicted molar refractivity (Wildman–Crippen MR) is 146 cm³/mol. The number of carbonyl (C=O) groups is 1. The number of rotatable bonds is 5. The van der Waals surface area contributed by atoms with Crippen LogP contribution >= 0.6 is 0 Å². The van der Waals surface area contributed by atoms with Gasteiger partial charge in [-0.2, -0.15) is 0 Å². The minimum Gasteiger partial charge on any atom is -0.340 e. The SMILES string of the molecule is Cc1cn(-c2nccc3[nH]c(C4=NCN(C)c5ncc(-c6cncc(NC(=O)C(C)C)c6)c(F)c54)nc23)cn1. The van der Waals surface area contributed by atoms with Crippen LogP contribution in [0.2, 0.25) is 0 Å². The number of imidazole rings is 2. The predicted octanol–water partition coefficient (Wildman–Crippen LogP) is 3.89. The average molecular weight is 525 g/mol. The number of carbonyl (C=O) groups excluding carboxylic acids is 1. The molecule has 6 heterocycles. The highest BCUT2D eigenvalue weighted by molar-refractivity contribution is 6.16. The molecule has 0 atom stereocenters. The molecule has 0 spiro atoms. The lowest BCUT2D eigenvalue weighted by atomic mass is 10.0. The molecule has 0 unspecified atom stereocenters. The maximum Gasteiger partial charge on any atom is 0.226 e. The van der Waals surface area contributed by atoms with Gasteiger partial charge in [0.25, 0.3) is 0 Å². The molecule has 1 aliphatic heterocycles. The molecule has 0 radical (unpaired) electrons. The van der Waals surface area contributed by atoms with Gasteiger partial charge in [-0.25, -0.2) is 24.3 Å². The fourth-order valence-electron chi connectivity index (χ4n) is 4.40. The molecule has 5 aromatic heterocycles. The lowest BCUT2D eigenvalue weighted by molar-refractivity contribution is -0.118. The van der Waals surface area contributed by atoms with Gasteiger partial charge in [-0.3, -0.25) is 19.3 Å². The molecule has 5 aromatic rings. The summed E-state index contributed by atoms with van der Waals surface area (Å²) in [5, 5.41) is 2.81. The van der Waals surface area contributed by atoms with Crippen molar-refractivity contribution in [3.63, 3.8) is 0 Å². The maximum atomic E-state index is 16.3. The summed E-state index contributed by atoms with van der Waals surface area (Å²) in [6.07, 6.45) is 9.75. The fraction of sp³-hybridized carbons (Fsp3) is 0.222. The molecule has 0 aromatic carbocycles. The van der Waals surface area contributed by atoms with Gasteiger partial charge in [0.15, 0.2) is 11.6 Å². The Morgan fingerprint density at radius 2 is 2.00 bits per heavy atom. The van der Waals surface area contributed by atoms with E-state index in [0.29, 0.717) is 39.9 Å². The van der Waals surface area contributed by atoms with Crippen molar-refractivity contribution < 1.29 is 9.18 Å². The number of fused-ring (bicyclic) bond motifs is 2. The molecule has 0 aliphatic carbocycles. The van der Waals surface area contributed by atoms with E-state index in [9.17, 15) is 4.79 Å². The monoisotopic (exact) mass is 524 g/mol. The smallest absolute Gasteiger partial charge is 0.226 e. The molecule has 0 saturated heterocycles. The minimum atomic E-state index is -0.511. The van der Waals surface area contributed by atoms with Crippen LogP contribution < -0.4 is 10.2 Å². The van der Waals surface area contributed by atoms with Gasteiger partial charge in [-0.1, -0.05) is 13.8 Å². The zero-order valence-electron chi connectivity index (χ0n) is 21.8. The van der Waals surface area contributed by atoms with Crippen molar-refractivity contribution in [3.8, 4) is 16.9 Å². The number of hydrogen-bond donors (Lipinski definition) is 2. The number of nitrogens with one attached hydrogen (secondary N) is 2. The standard InChI is InChI=1S/C27H25FN10O/c1-14(2)27(39)34-17-7-16(8-29-9-17)18-10-31-25-20(21(18)28)23(33-12-37(25)4)24-35-19-5-6-30-26(22(19)36-24)38-11-15(3)32-13-38/h5-11,13-14H,12H2,1-4H3,(H,34,39)(H,35,36). The second kappa shape index (κ2) is 9.39. The van der Waals surface area contributed by atoms with E-state index in [2.05, 4.69) is 35.2 Å². The molecule has 0 bridgehead atoms. The fourth-order valence-corrected chi connectivity index (χ4v) is 4.40. The molecule has 12 heteroatoms. The van der Waals surface area contributed by atoms with Crippen LogP contribution in [0.25, 0.3) is 28.0 Å². The summed E-state index contributed by atoms with van der Waals surface area (Å²) in [4.78, 5) is 44.2. The van der Waals surface area contributed by atoms with Crippen molar-refractivity contribution in [1.29, 1.82) is 0 Å². The van der Waals surface area contributed by atoms with Gasteiger partial charge < -0.3 is 15.2 Å². The van der Waals surface area contributed by atoms with Gasteiger partial charge in [-0.05, 0) is 19.1 Å². The van der Waals surface area contributed by atoms with Crippen LogP contribution in [-0.2, 0) is 4.79 Å². The van der Waals surface area contributed by atoms with E-state index in [1.165, 1.54) is 18.6 Å². The summed E-state index contributed by atoms with van der Waals surface area (Å²) in [5.41, 5.74) is 3.95. The number of pyridine rings is 3. The van der Waals surface area contributed by atoms with Crippen molar-refractivity contribution in [2.24, 2.45) is 10.9 Å². The minimum absolute atomic E-state index is 0.154. The maximum absolute atomic E-state index is 16.3. The highest BCUT2D eigenvalue weighted by atomic mass is 19.1. The van der Waals surface area contributed by atoms with Crippen LogP contribution in [0.4, 0.5) is 15.9 Å². The first kappa shape index (κ1) is 24.3. The van der Waals surface area contributed by atoms with E-state index in [1.54, 1.807) is 49.0 Å². The molecule has 196 valence electrons. The number of nitrogens with zero attached hydrogens (tertiary/aromatic N) is 8.